The zero-order valence-electron chi connectivity index (χ0n) is 12.1. The quantitative estimate of drug-likeness (QED) is 0.735. The Morgan fingerprint density at radius 3 is 2.11 bits per heavy atom. The molecule has 0 heterocycles. The van der Waals surface area contributed by atoms with Crippen molar-refractivity contribution in [3.63, 3.8) is 0 Å². The van der Waals surface area contributed by atoms with Gasteiger partial charge in [0.05, 0.1) is 26.1 Å². The van der Waals surface area contributed by atoms with Crippen LogP contribution >= 0.6 is 0 Å². The van der Waals surface area contributed by atoms with Crippen LogP contribution in [-0.4, -0.2) is 25.4 Å². The van der Waals surface area contributed by atoms with Crippen molar-refractivity contribution in [3.8, 4) is 0 Å². The maximum Gasteiger partial charge on any atom is 0.168 e. The summed E-state index contributed by atoms with van der Waals surface area (Å²) in [5.74, 6) is 0.791. The Bertz CT molecular complexity index is 363. The van der Waals surface area contributed by atoms with E-state index < -0.39 is 0 Å². The van der Waals surface area contributed by atoms with Crippen LogP contribution in [0, 0.1) is 0 Å². The first-order valence-electron chi connectivity index (χ1n) is 7.05. The molecule has 1 rings (SSSR count). The fraction of sp³-hybridized carbons (Fsp3) is 0.562. The highest BCUT2D eigenvalue weighted by atomic mass is 16.1. The van der Waals surface area contributed by atoms with E-state index in [2.05, 4.69) is 39.8 Å². The number of benzene rings is 1. The van der Waals surface area contributed by atoms with Gasteiger partial charge in [0.25, 0.3) is 0 Å². The molecule has 2 nitrogen and oxygen atoms in total. The van der Waals surface area contributed by atoms with E-state index in [1.807, 2.05) is 12.1 Å². The average molecular weight is 248 g/mol. The second-order valence-corrected chi connectivity index (χ2v) is 5.16. The van der Waals surface area contributed by atoms with Crippen molar-refractivity contribution in [2.24, 2.45) is 0 Å². The first-order valence-corrected chi connectivity index (χ1v) is 7.05. The third-order valence-corrected chi connectivity index (χ3v) is 3.60. The lowest BCUT2D eigenvalue weighted by molar-refractivity contribution is -0.895. The lowest BCUT2D eigenvalue weighted by Gasteiger charge is -2.14. The third-order valence-electron chi connectivity index (χ3n) is 3.60. The molecule has 0 unspecified atom stereocenters. The van der Waals surface area contributed by atoms with E-state index in [-0.39, 0.29) is 5.78 Å². The third kappa shape index (κ3) is 4.26. The van der Waals surface area contributed by atoms with Gasteiger partial charge in [-0.25, -0.2) is 0 Å². The Hall–Kier alpha value is -1.15. The van der Waals surface area contributed by atoms with Gasteiger partial charge in [0.2, 0.25) is 0 Å². The highest BCUT2D eigenvalue weighted by Gasteiger charge is 2.10. The van der Waals surface area contributed by atoms with Crippen LogP contribution in [0.15, 0.2) is 24.3 Å². The van der Waals surface area contributed by atoms with E-state index in [4.69, 9.17) is 0 Å². The molecule has 0 saturated heterocycles. The number of carbonyl (C=O) groups excluding carboxylic acids is 1. The number of nitrogens with one attached hydrogen (secondary N) is 1. The molecule has 18 heavy (non-hydrogen) atoms. The van der Waals surface area contributed by atoms with Gasteiger partial charge in [-0.15, -0.1) is 0 Å². The van der Waals surface area contributed by atoms with Gasteiger partial charge in [0, 0.05) is 5.56 Å². The standard InChI is InChI=1S/C16H25NO/c1-5-17(6-2)12-11-16(18)15-9-7-14(8-10-15)13(3)4/h7-10,13H,5-6,11-12H2,1-4H3/p+1. The molecular formula is C16H26NO+. The van der Waals surface area contributed by atoms with Gasteiger partial charge >= 0.3 is 0 Å². The number of rotatable bonds is 7. The molecule has 0 saturated carbocycles. The fourth-order valence-corrected chi connectivity index (χ4v) is 2.09. The second kappa shape index (κ2) is 7.32. The largest absolute Gasteiger partial charge is 0.335 e. The average Bonchev–Trinajstić information content (AvgIpc) is 2.39. The summed E-state index contributed by atoms with van der Waals surface area (Å²) in [6.07, 6.45) is 0.651. The van der Waals surface area contributed by atoms with Crippen LogP contribution in [0.4, 0.5) is 0 Å². The van der Waals surface area contributed by atoms with E-state index in [0.717, 1.165) is 25.2 Å². The van der Waals surface area contributed by atoms with Crippen LogP contribution < -0.4 is 4.90 Å². The number of ketones is 1. The molecule has 0 spiro atoms. The van der Waals surface area contributed by atoms with Gasteiger partial charge in [-0.1, -0.05) is 38.1 Å². The van der Waals surface area contributed by atoms with Gasteiger partial charge in [0.15, 0.2) is 5.78 Å². The van der Waals surface area contributed by atoms with E-state index in [1.165, 1.54) is 10.5 Å². The van der Waals surface area contributed by atoms with Crippen molar-refractivity contribution in [3.05, 3.63) is 35.4 Å². The van der Waals surface area contributed by atoms with E-state index >= 15 is 0 Å². The summed E-state index contributed by atoms with van der Waals surface area (Å²) in [4.78, 5) is 13.5. The molecule has 0 atom stereocenters. The van der Waals surface area contributed by atoms with Crippen molar-refractivity contribution in [2.75, 3.05) is 19.6 Å². The summed E-state index contributed by atoms with van der Waals surface area (Å²) in [7, 11) is 0. The normalized spacial score (nSPS) is 11.2. The van der Waals surface area contributed by atoms with Crippen LogP contribution in [0.1, 0.15) is 56.0 Å². The second-order valence-electron chi connectivity index (χ2n) is 5.16. The summed E-state index contributed by atoms with van der Waals surface area (Å²) in [5, 5.41) is 0. The van der Waals surface area contributed by atoms with Crippen LogP contribution in [0.25, 0.3) is 0 Å². The van der Waals surface area contributed by atoms with E-state index in [1.54, 1.807) is 0 Å². The molecule has 0 bridgehead atoms. The monoisotopic (exact) mass is 248 g/mol. The summed E-state index contributed by atoms with van der Waals surface area (Å²) in [6, 6.07) is 8.08. The Kier molecular flexibility index (Phi) is 6.06. The van der Waals surface area contributed by atoms with Crippen LogP contribution in [0.5, 0.6) is 0 Å². The molecular weight excluding hydrogens is 222 g/mol. The minimum atomic E-state index is 0.268. The van der Waals surface area contributed by atoms with E-state index in [0.29, 0.717) is 12.3 Å². The Morgan fingerprint density at radius 2 is 1.67 bits per heavy atom. The fourth-order valence-electron chi connectivity index (χ4n) is 2.09. The minimum Gasteiger partial charge on any atom is -0.335 e. The SMILES string of the molecule is CC[NH+](CC)CCC(=O)c1ccc(C(C)C)cc1. The van der Waals surface area contributed by atoms with E-state index in [9.17, 15) is 4.79 Å². The molecule has 0 aliphatic carbocycles. The molecule has 1 aromatic rings. The predicted molar refractivity (Wildman–Crippen MR) is 76.4 cm³/mol. The summed E-state index contributed by atoms with van der Waals surface area (Å²) >= 11 is 0. The van der Waals surface area contributed by atoms with Gasteiger partial charge < -0.3 is 4.90 Å². The summed E-state index contributed by atoms with van der Waals surface area (Å²) in [6.45, 7) is 11.8. The van der Waals surface area contributed by atoms with Gasteiger partial charge in [-0.2, -0.15) is 0 Å². The maximum absolute atomic E-state index is 12.0. The Labute approximate surface area is 111 Å². The topological polar surface area (TPSA) is 21.5 Å². The molecule has 0 aromatic heterocycles. The summed E-state index contributed by atoms with van der Waals surface area (Å²) in [5.41, 5.74) is 2.15. The first-order chi connectivity index (χ1) is 8.58. The molecule has 0 radical (unpaired) electrons. The molecule has 0 fully saturated rings. The molecule has 0 amide bonds. The number of Topliss-reactive ketones (excluding diaryl/α,β-unsaturated/α-hetero) is 1. The smallest absolute Gasteiger partial charge is 0.168 e. The Balaban J connectivity index is 2.56. The van der Waals surface area contributed by atoms with Crippen LogP contribution in [0.3, 0.4) is 0 Å². The van der Waals surface area contributed by atoms with Crippen LogP contribution in [0.2, 0.25) is 0 Å². The molecule has 100 valence electrons. The zero-order valence-corrected chi connectivity index (χ0v) is 12.1. The van der Waals surface area contributed by atoms with Crippen molar-refractivity contribution in [1.82, 2.24) is 0 Å². The minimum absolute atomic E-state index is 0.268. The highest BCUT2D eigenvalue weighted by molar-refractivity contribution is 5.96. The van der Waals surface area contributed by atoms with Crippen molar-refractivity contribution in [1.29, 1.82) is 0 Å². The molecule has 0 aliphatic heterocycles. The van der Waals surface area contributed by atoms with Gasteiger partial charge in [0.1, 0.15) is 0 Å². The lowest BCUT2D eigenvalue weighted by atomic mass is 10.00. The molecule has 1 N–H and O–H groups in total. The van der Waals surface area contributed by atoms with Crippen molar-refractivity contribution >= 4 is 5.78 Å². The highest BCUT2D eigenvalue weighted by Crippen LogP contribution is 2.15. The van der Waals surface area contributed by atoms with Gasteiger partial charge in [-0.05, 0) is 25.3 Å². The Morgan fingerprint density at radius 1 is 1.11 bits per heavy atom. The first kappa shape index (κ1) is 14.9. The molecule has 0 aliphatic rings. The lowest BCUT2D eigenvalue weighted by Crippen LogP contribution is -3.11. The van der Waals surface area contributed by atoms with Crippen molar-refractivity contribution < 1.29 is 9.69 Å². The van der Waals surface area contributed by atoms with Gasteiger partial charge in [-0.3, -0.25) is 4.79 Å². The number of hydrogen-bond acceptors (Lipinski definition) is 1. The molecule has 2 heteroatoms. The van der Waals surface area contributed by atoms with Crippen LogP contribution in [-0.2, 0) is 0 Å². The maximum atomic E-state index is 12.0. The molecule has 1 aromatic carbocycles. The predicted octanol–water partition coefficient (Wildman–Crippen LogP) is 2.31. The van der Waals surface area contributed by atoms with Crippen molar-refractivity contribution in [2.45, 2.75) is 40.0 Å². The number of carbonyl (C=O) groups is 1. The zero-order chi connectivity index (χ0) is 13.5. The summed E-state index contributed by atoms with van der Waals surface area (Å²) < 4.78 is 0. The number of quaternary nitrogens is 1. The number of hydrogen-bond donors (Lipinski definition) is 1.